The van der Waals surface area contributed by atoms with E-state index in [2.05, 4.69) is 46.4 Å². The number of alkyl halides is 12. The second-order valence-corrected chi connectivity index (χ2v) is 32.9. The maximum absolute atomic E-state index is 13.4. The zero-order valence-electron chi connectivity index (χ0n) is 76.5. The van der Waals surface area contributed by atoms with Crippen LogP contribution in [-0.4, -0.2) is 176 Å². The van der Waals surface area contributed by atoms with Gasteiger partial charge in [0.15, 0.2) is 0 Å². The summed E-state index contributed by atoms with van der Waals surface area (Å²) in [5.74, 6) is -0.588. The highest BCUT2D eigenvalue weighted by Gasteiger charge is 2.37. The number of amides is 4. The molecule has 4 saturated heterocycles. The highest BCUT2D eigenvalue weighted by Crippen LogP contribution is 2.39. The standard InChI is InChI=1S/C26H27F3N4O4.C26H27F3N4O3.C25H24F3N3O3.C23H21F3N4O2/c1-4-32-15-18(11-21(24(32)35)26(27,28)29)23(34)30-19-6-5-16(2)20(13-19)17-12-22(25(36)31(3)14-17)33-7-9-37-10-8-33;1-17-5-6-21(31-25(35)18-3-2-4-20(13-18)26(27,28)29)16-22(17)19-14-23(30-7-10-34)32-24(15-19)33-8-11-36-12-9-33;1-16-6-7-20(29-23(32)17-4-3-5-19(12-17)25(26,27)28)14-21(16)18-13-22(24(33)30(2)15-18)31-8-10-34-11-9-31;1-15-5-6-18(28-22(31)16-3-2-4-17(11-16)23(24,25)26)12-19(15)20-13-27-14-21(29-20)30-7-9-32-10-8-30/h5-6,11-15H,4,7-10H2,1-3H3,(H,30,34);2-6,13-16,34H,7-12H2,1H3,(H,30,32)(H,31,35);3-7,12-15H,8-11H2,1-2H3,(H,29,32);2-6,11-14H,7-10H2,1H3,(H,28,31). The lowest BCUT2D eigenvalue weighted by molar-refractivity contribution is -0.139. The van der Waals surface area contributed by atoms with Gasteiger partial charge in [0.2, 0.25) is 0 Å². The first-order chi connectivity index (χ1) is 66.2. The van der Waals surface area contributed by atoms with E-state index >= 15 is 0 Å². The van der Waals surface area contributed by atoms with E-state index in [4.69, 9.17) is 23.9 Å². The van der Waals surface area contributed by atoms with Crippen molar-refractivity contribution < 1.29 is 95.9 Å². The first kappa shape index (κ1) is 102. The average molecular weight is 1930 g/mol. The summed E-state index contributed by atoms with van der Waals surface area (Å²) >= 11 is 0. The van der Waals surface area contributed by atoms with Gasteiger partial charge in [-0.05, 0) is 213 Å². The molecule has 5 aromatic heterocycles. The number of nitrogens with one attached hydrogen (secondary N) is 5. The zero-order valence-corrected chi connectivity index (χ0v) is 76.5. The fourth-order valence-electron chi connectivity index (χ4n) is 15.6. The van der Waals surface area contributed by atoms with Crippen molar-refractivity contribution in [3.8, 4) is 44.6 Å². The molecule has 0 atom stereocenters. The zero-order chi connectivity index (χ0) is 99.8. The third-order valence-electron chi connectivity index (χ3n) is 23.1. The largest absolute Gasteiger partial charge is 0.421 e. The molecule has 0 spiro atoms. The number of aryl methyl sites for hydroxylation is 7. The SMILES string of the molecule is CCn1cc(C(=O)Nc2ccc(C)c(-c3cc(N4CCOCC4)c(=O)n(C)c3)c2)cc(C(F)(F)F)c1=O.Cc1ccc(NC(=O)c2cccc(C(F)(F)F)c2)cc1-c1cc(N2CCOCC2)c(=O)n(C)c1.Cc1ccc(NC(=O)c2cccc(C(F)(F)F)c2)cc1-c1cc(NCCO)nc(N2CCOCC2)c1.Cc1ccc(NC(=O)c2cccc(C(F)(F)F)c2)cc1-c1cncc(N2CCOCC2)n1. The number of benzene rings is 7. The van der Waals surface area contributed by atoms with Gasteiger partial charge < -0.3 is 83.9 Å². The molecule has 0 radical (unpaired) electrons. The first-order valence-electron chi connectivity index (χ1n) is 44.1. The Hall–Kier alpha value is -14.5. The van der Waals surface area contributed by atoms with Gasteiger partial charge in [-0.3, -0.25) is 38.5 Å². The van der Waals surface area contributed by atoms with E-state index in [0.717, 1.165) is 133 Å². The van der Waals surface area contributed by atoms with Crippen LogP contribution in [0, 0.1) is 27.7 Å². The van der Waals surface area contributed by atoms with E-state index in [1.807, 2.05) is 73.9 Å². The van der Waals surface area contributed by atoms with Gasteiger partial charge in [0.25, 0.3) is 40.3 Å². The Morgan fingerprint density at radius 3 is 1.12 bits per heavy atom. The van der Waals surface area contributed by atoms with Crippen LogP contribution in [0.5, 0.6) is 0 Å². The summed E-state index contributed by atoms with van der Waals surface area (Å²) in [6, 6.07) is 41.9. The number of ether oxygens (including phenoxy) is 4. The molecule has 0 bridgehead atoms. The van der Waals surface area contributed by atoms with Crippen molar-refractivity contribution >= 4 is 75.2 Å². The van der Waals surface area contributed by atoms with Gasteiger partial charge in [-0.1, -0.05) is 42.5 Å². The van der Waals surface area contributed by atoms with Gasteiger partial charge in [0.05, 0.1) is 99.8 Å². The number of morpholine rings is 4. The van der Waals surface area contributed by atoms with Gasteiger partial charge in [-0.15, -0.1) is 0 Å². The molecule has 9 heterocycles. The third-order valence-corrected chi connectivity index (χ3v) is 23.1. The molecule has 0 aliphatic carbocycles. The highest BCUT2D eigenvalue weighted by molar-refractivity contribution is 6.07. The van der Waals surface area contributed by atoms with Crippen LogP contribution >= 0.6 is 0 Å². The van der Waals surface area contributed by atoms with Gasteiger partial charge >= 0.3 is 24.7 Å². The van der Waals surface area contributed by atoms with E-state index in [0.29, 0.717) is 150 Å². The van der Waals surface area contributed by atoms with Crippen LogP contribution < -0.4 is 62.9 Å². The lowest BCUT2D eigenvalue weighted by Gasteiger charge is -2.29. The monoisotopic (exact) mass is 1930 g/mol. The minimum absolute atomic E-state index is 0.0179. The second-order valence-electron chi connectivity index (χ2n) is 32.9. The van der Waals surface area contributed by atoms with Gasteiger partial charge in [0.1, 0.15) is 34.4 Å². The predicted molar refractivity (Wildman–Crippen MR) is 506 cm³/mol. The number of anilines is 9. The summed E-state index contributed by atoms with van der Waals surface area (Å²) in [5, 5.41) is 23.0. The number of carbonyl (C=O) groups is 4. The van der Waals surface area contributed by atoms with Crippen molar-refractivity contribution in [2.75, 3.05) is 165 Å². The summed E-state index contributed by atoms with van der Waals surface area (Å²) < 4.78 is 183. The Morgan fingerprint density at radius 1 is 0.381 bits per heavy atom. The smallest absolute Gasteiger partial charge is 0.395 e. The number of aliphatic hydroxyl groups is 1. The third kappa shape index (κ3) is 26.2. The second kappa shape index (κ2) is 44.7. The van der Waals surface area contributed by atoms with E-state index in [-0.39, 0.29) is 46.5 Å². The molecule has 4 amide bonds. The van der Waals surface area contributed by atoms with Crippen LogP contribution in [0.15, 0.2) is 221 Å². The average Bonchev–Trinajstić information content (AvgIpc) is 0.800. The van der Waals surface area contributed by atoms with Crippen LogP contribution in [0.3, 0.4) is 0 Å². The van der Waals surface area contributed by atoms with Gasteiger partial charge in [-0.25, -0.2) is 9.97 Å². The molecule has 16 rings (SSSR count). The van der Waals surface area contributed by atoms with Crippen molar-refractivity contribution in [2.45, 2.75) is 65.9 Å². The summed E-state index contributed by atoms with van der Waals surface area (Å²) in [7, 11) is 3.35. The van der Waals surface area contributed by atoms with Crippen molar-refractivity contribution in [1.82, 2.24) is 28.7 Å². The van der Waals surface area contributed by atoms with Crippen molar-refractivity contribution in [1.29, 1.82) is 0 Å². The molecular formula is C100H99F12N15O12. The van der Waals surface area contributed by atoms with Crippen LogP contribution in [0.25, 0.3) is 44.6 Å². The normalized spacial score (nSPS) is 14.1. The maximum Gasteiger partial charge on any atom is 0.421 e. The molecule has 4 aliphatic rings. The number of pyridine rings is 4. The number of hydrogen-bond acceptors (Lipinski definition) is 20. The Labute approximate surface area is 790 Å². The van der Waals surface area contributed by atoms with Crippen molar-refractivity contribution in [3.63, 3.8) is 0 Å². The minimum Gasteiger partial charge on any atom is -0.395 e. The Morgan fingerprint density at radius 2 is 0.741 bits per heavy atom. The number of hydrogen-bond donors (Lipinski definition) is 6. The Bertz CT molecular complexity index is 6660. The molecule has 139 heavy (non-hydrogen) atoms. The van der Waals surface area contributed by atoms with E-state index < -0.39 is 76.1 Å². The summed E-state index contributed by atoms with van der Waals surface area (Å²) in [5.41, 5.74) is 6.64. The van der Waals surface area contributed by atoms with Crippen molar-refractivity contribution in [3.05, 3.63) is 305 Å². The summed E-state index contributed by atoms with van der Waals surface area (Å²) in [6.45, 7) is 19.3. The quantitative estimate of drug-likeness (QED) is 0.0386. The number of carbonyl (C=O) groups excluding carboxylic acids is 4. The first-order valence-corrected chi connectivity index (χ1v) is 44.1. The fraction of sp³-hybridized carbons (Fsp3) is 0.300. The Balaban J connectivity index is 0.000000156. The van der Waals surface area contributed by atoms with Crippen LogP contribution in [0.4, 0.5) is 104 Å². The lowest BCUT2D eigenvalue weighted by Crippen LogP contribution is -2.40. The van der Waals surface area contributed by atoms with Crippen LogP contribution in [0.1, 0.15) is 92.9 Å². The molecule has 12 aromatic rings. The van der Waals surface area contributed by atoms with E-state index in [1.165, 1.54) is 52.5 Å². The Kier molecular flexibility index (Phi) is 32.8. The molecule has 39 heteroatoms. The molecule has 0 saturated carbocycles. The molecule has 0 unspecified atom stereocenters. The minimum atomic E-state index is -4.89. The molecular weight excluding hydrogens is 1830 g/mol. The van der Waals surface area contributed by atoms with E-state index in [9.17, 15) is 91.4 Å². The lowest BCUT2D eigenvalue weighted by atomic mass is 10.00. The molecule has 7 aromatic carbocycles. The molecule has 27 nitrogen and oxygen atoms in total. The fourth-order valence-corrected chi connectivity index (χ4v) is 15.6. The van der Waals surface area contributed by atoms with E-state index in [1.54, 1.807) is 99.5 Å². The molecule has 6 N–H and O–H groups in total. The van der Waals surface area contributed by atoms with Gasteiger partial charge in [0, 0.05) is 154 Å². The van der Waals surface area contributed by atoms with Gasteiger partial charge in [-0.2, -0.15) is 52.7 Å². The number of nitrogens with zero attached hydrogens (tertiary/aromatic N) is 10. The number of aromatic nitrogens is 6. The maximum atomic E-state index is 13.4. The topological polar surface area (TPSA) is 303 Å². The van der Waals surface area contributed by atoms with Crippen LogP contribution in [0.2, 0.25) is 0 Å². The predicted octanol–water partition coefficient (Wildman–Crippen LogP) is 17.2. The molecule has 4 fully saturated rings. The van der Waals surface area contributed by atoms with Crippen LogP contribution in [-0.2, 0) is 64.3 Å². The highest BCUT2D eigenvalue weighted by atomic mass is 19.4. The number of halogens is 12. The number of aliphatic hydroxyl groups excluding tert-OH is 1. The molecule has 730 valence electrons. The summed E-state index contributed by atoms with van der Waals surface area (Å²) in [6.07, 6.45) is -10.6. The number of rotatable bonds is 20. The summed E-state index contributed by atoms with van der Waals surface area (Å²) in [4.78, 5) is 110. The molecule has 4 aliphatic heterocycles. The van der Waals surface area contributed by atoms with Crippen molar-refractivity contribution in [2.24, 2.45) is 14.1 Å².